The molecule has 1 aromatic carbocycles. The molecule has 0 atom stereocenters. The second-order valence-corrected chi connectivity index (χ2v) is 5.09. The Balaban J connectivity index is 2.79. The van der Waals surface area contributed by atoms with E-state index in [4.69, 9.17) is 0 Å². The highest BCUT2D eigenvalue weighted by molar-refractivity contribution is 7.80. The Morgan fingerprint density at radius 3 is 2.39 bits per heavy atom. The first-order chi connectivity index (χ1) is 8.56. The highest BCUT2D eigenvalue weighted by atomic mass is 32.1. The Morgan fingerprint density at radius 1 is 1.17 bits per heavy atom. The molecule has 1 aromatic rings. The van der Waals surface area contributed by atoms with Crippen LogP contribution in [0.4, 0.5) is 0 Å². The van der Waals surface area contributed by atoms with Crippen LogP contribution in [0, 0.1) is 0 Å². The van der Waals surface area contributed by atoms with Gasteiger partial charge < -0.3 is 9.80 Å². The number of benzene rings is 1. The van der Waals surface area contributed by atoms with Crippen molar-refractivity contribution in [2.75, 3.05) is 33.7 Å². The summed E-state index contributed by atoms with van der Waals surface area (Å²) in [6, 6.07) is 7.46. The number of thiol groups is 1. The van der Waals surface area contributed by atoms with Crippen LogP contribution in [0.25, 0.3) is 0 Å². The number of carbonyl (C=O) groups is 1. The number of rotatable bonds is 6. The van der Waals surface area contributed by atoms with E-state index in [0.29, 0.717) is 5.56 Å². The van der Waals surface area contributed by atoms with E-state index in [9.17, 15) is 4.79 Å². The van der Waals surface area contributed by atoms with E-state index in [1.165, 1.54) is 0 Å². The smallest absolute Gasteiger partial charge is 0.255 e. The zero-order valence-electron chi connectivity index (χ0n) is 11.4. The fourth-order valence-electron chi connectivity index (χ4n) is 1.73. The molecule has 0 N–H and O–H groups in total. The van der Waals surface area contributed by atoms with E-state index in [1.807, 2.05) is 43.3 Å². The summed E-state index contributed by atoms with van der Waals surface area (Å²) in [5.74, 6) is 0.0734. The quantitative estimate of drug-likeness (QED) is 0.799. The molecular weight excluding hydrogens is 244 g/mol. The molecule has 1 amide bonds. The molecule has 0 fully saturated rings. The van der Waals surface area contributed by atoms with Gasteiger partial charge in [0.15, 0.2) is 0 Å². The Bertz CT molecular complexity index is 393. The molecule has 4 heteroatoms. The normalized spacial score (nSPS) is 10.7. The lowest BCUT2D eigenvalue weighted by Gasteiger charge is -2.24. The summed E-state index contributed by atoms with van der Waals surface area (Å²) in [4.78, 5) is 17.2. The summed E-state index contributed by atoms with van der Waals surface area (Å²) >= 11 is 4.35. The van der Waals surface area contributed by atoms with Gasteiger partial charge in [-0.15, -0.1) is 12.6 Å². The van der Waals surface area contributed by atoms with Crippen molar-refractivity contribution in [3.63, 3.8) is 0 Å². The zero-order valence-corrected chi connectivity index (χ0v) is 12.3. The average molecular weight is 266 g/mol. The number of carbonyl (C=O) groups excluding carboxylic acids is 1. The molecule has 0 aromatic heterocycles. The third-order valence-electron chi connectivity index (χ3n) is 2.73. The number of amides is 1. The van der Waals surface area contributed by atoms with Crippen molar-refractivity contribution in [1.29, 1.82) is 0 Å². The van der Waals surface area contributed by atoms with Gasteiger partial charge in [0.2, 0.25) is 0 Å². The van der Waals surface area contributed by atoms with E-state index in [-0.39, 0.29) is 5.91 Å². The lowest BCUT2D eigenvalue weighted by Crippen LogP contribution is -2.37. The Labute approximate surface area is 115 Å². The summed E-state index contributed by atoms with van der Waals surface area (Å²) in [7, 11) is 4.03. The van der Waals surface area contributed by atoms with E-state index in [1.54, 1.807) is 0 Å². The largest absolute Gasteiger partial charge is 0.337 e. The summed E-state index contributed by atoms with van der Waals surface area (Å²) in [5.41, 5.74) is 0.688. The lowest BCUT2D eigenvalue weighted by atomic mass is 10.2. The van der Waals surface area contributed by atoms with Crippen LogP contribution in [0.3, 0.4) is 0 Å². The molecule has 0 saturated heterocycles. The molecule has 0 spiro atoms. The first-order valence-electron chi connectivity index (χ1n) is 6.28. The van der Waals surface area contributed by atoms with Crippen molar-refractivity contribution in [2.45, 2.75) is 18.2 Å². The first kappa shape index (κ1) is 15.1. The van der Waals surface area contributed by atoms with E-state index < -0.39 is 0 Å². The third-order valence-corrected chi connectivity index (χ3v) is 3.12. The molecule has 0 aliphatic carbocycles. The SMILES string of the molecule is CCCN(CCN(C)C)C(=O)c1ccccc1S. The maximum absolute atomic E-state index is 12.4. The van der Waals surface area contributed by atoms with Crippen LogP contribution >= 0.6 is 12.6 Å². The van der Waals surface area contributed by atoms with Crippen LogP contribution < -0.4 is 0 Å². The summed E-state index contributed by atoms with van der Waals surface area (Å²) in [5, 5.41) is 0. The number of nitrogens with zero attached hydrogens (tertiary/aromatic N) is 2. The molecule has 0 aliphatic rings. The van der Waals surface area contributed by atoms with Crippen LogP contribution in [0.2, 0.25) is 0 Å². The minimum atomic E-state index is 0.0734. The van der Waals surface area contributed by atoms with Gasteiger partial charge in [0.05, 0.1) is 5.56 Å². The molecule has 0 saturated carbocycles. The van der Waals surface area contributed by atoms with Gasteiger partial charge in [0, 0.05) is 24.5 Å². The number of hydrogen-bond donors (Lipinski definition) is 1. The fraction of sp³-hybridized carbons (Fsp3) is 0.500. The predicted molar refractivity (Wildman–Crippen MR) is 78.4 cm³/mol. The van der Waals surface area contributed by atoms with Crippen LogP contribution in [0.1, 0.15) is 23.7 Å². The molecule has 0 heterocycles. The van der Waals surface area contributed by atoms with Crippen molar-refractivity contribution in [1.82, 2.24) is 9.80 Å². The van der Waals surface area contributed by atoms with Crippen LogP contribution in [0.5, 0.6) is 0 Å². The van der Waals surface area contributed by atoms with E-state index >= 15 is 0 Å². The van der Waals surface area contributed by atoms with Crippen molar-refractivity contribution in [2.24, 2.45) is 0 Å². The van der Waals surface area contributed by atoms with Crippen molar-refractivity contribution >= 4 is 18.5 Å². The Hall–Kier alpha value is -1.00. The fourth-order valence-corrected chi connectivity index (χ4v) is 1.99. The lowest BCUT2D eigenvalue weighted by molar-refractivity contribution is 0.0741. The Kier molecular flexibility index (Phi) is 6.22. The van der Waals surface area contributed by atoms with Gasteiger partial charge in [0.1, 0.15) is 0 Å². The Morgan fingerprint density at radius 2 is 1.83 bits per heavy atom. The number of hydrogen-bond acceptors (Lipinski definition) is 3. The van der Waals surface area contributed by atoms with E-state index in [0.717, 1.165) is 31.0 Å². The topological polar surface area (TPSA) is 23.6 Å². The highest BCUT2D eigenvalue weighted by Crippen LogP contribution is 2.15. The van der Waals surface area contributed by atoms with Gasteiger partial charge in [-0.1, -0.05) is 19.1 Å². The molecule has 0 radical (unpaired) electrons. The molecule has 0 aliphatic heterocycles. The molecule has 0 bridgehead atoms. The van der Waals surface area contributed by atoms with E-state index in [2.05, 4.69) is 24.5 Å². The van der Waals surface area contributed by atoms with Gasteiger partial charge in [-0.05, 0) is 32.6 Å². The van der Waals surface area contributed by atoms with Gasteiger partial charge in [-0.25, -0.2) is 0 Å². The maximum atomic E-state index is 12.4. The summed E-state index contributed by atoms with van der Waals surface area (Å²) < 4.78 is 0. The van der Waals surface area contributed by atoms with Gasteiger partial charge in [-0.3, -0.25) is 4.79 Å². The van der Waals surface area contributed by atoms with Gasteiger partial charge in [-0.2, -0.15) is 0 Å². The predicted octanol–water partition coefficient (Wildman–Crippen LogP) is 2.39. The average Bonchev–Trinajstić information content (AvgIpc) is 2.34. The van der Waals surface area contributed by atoms with Crippen molar-refractivity contribution in [3.05, 3.63) is 29.8 Å². The maximum Gasteiger partial charge on any atom is 0.255 e. The zero-order chi connectivity index (χ0) is 13.5. The first-order valence-corrected chi connectivity index (χ1v) is 6.73. The standard InChI is InChI=1S/C14H22N2OS/c1-4-9-16(11-10-15(2)3)14(17)12-7-5-6-8-13(12)18/h5-8,18H,4,9-11H2,1-3H3. The minimum absolute atomic E-state index is 0.0734. The molecule has 18 heavy (non-hydrogen) atoms. The number of likely N-dealkylation sites (N-methyl/N-ethyl adjacent to an activating group) is 1. The van der Waals surface area contributed by atoms with Crippen molar-refractivity contribution in [3.8, 4) is 0 Å². The van der Waals surface area contributed by atoms with Crippen LogP contribution in [-0.4, -0.2) is 49.4 Å². The second kappa shape index (κ2) is 7.44. The summed E-state index contributed by atoms with van der Waals surface area (Å²) in [6.45, 7) is 4.50. The monoisotopic (exact) mass is 266 g/mol. The summed E-state index contributed by atoms with van der Waals surface area (Å²) in [6.07, 6.45) is 0.966. The van der Waals surface area contributed by atoms with Crippen molar-refractivity contribution < 1.29 is 4.79 Å². The van der Waals surface area contributed by atoms with Crippen LogP contribution in [-0.2, 0) is 0 Å². The minimum Gasteiger partial charge on any atom is -0.337 e. The van der Waals surface area contributed by atoms with Crippen LogP contribution in [0.15, 0.2) is 29.2 Å². The third kappa shape index (κ3) is 4.35. The molecule has 3 nitrogen and oxygen atoms in total. The van der Waals surface area contributed by atoms with Gasteiger partial charge >= 0.3 is 0 Å². The molecule has 1 rings (SSSR count). The van der Waals surface area contributed by atoms with Gasteiger partial charge in [0.25, 0.3) is 5.91 Å². The molecule has 0 unspecified atom stereocenters. The molecule has 100 valence electrons. The second-order valence-electron chi connectivity index (χ2n) is 4.61. The molecular formula is C14H22N2OS. The highest BCUT2D eigenvalue weighted by Gasteiger charge is 2.16.